The van der Waals surface area contributed by atoms with Crippen LogP contribution in [0.1, 0.15) is 37.4 Å². The summed E-state index contributed by atoms with van der Waals surface area (Å²) in [6.45, 7) is 0. The molecule has 0 saturated carbocycles. The van der Waals surface area contributed by atoms with Crippen LogP contribution in [0, 0.1) is 0 Å². The lowest BCUT2D eigenvalue weighted by Crippen LogP contribution is -2.15. The average molecular weight is 288 g/mol. The van der Waals surface area contributed by atoms with Gasteiger partial charge in [0.1, 0.15) is 0 Å². The summed E-state index contributed by atoms with van der Waals surface area (Å²) in [5, 5.41) is 10.7. The third kappa shape index (κ3) is 1.76. The Kier molecular flexibility index (Phi) is 2.63. The number of rotatable bonds is 1. The van der Waals surface area contributed by atoms with Crippen molar-refractivity contribution in [2.45, 2.75) is 6.42 Å². The molecule has 0 saturated heterocycles. The molecule has 3 nitrogen and oxygen atoms in total. The second-order valence-electron chi connectivity index (χ2n) is 5.50. The van der Waals surface area contributed by atoms with Crippen molar-refractivity contribution in [1.29, 1.82) is 0 Å². The summed E-state index contributed by atoms with van der Waals surface area (Å²) in [6.07, 6.45) is 0.730. The number of benzene rings is 3. The van der Waals surface area contributed by atoms with Crippen molar-refractivity contribution in [3.05, 3.63) is 82.4 Å². The molecule has 1 N–H and O–H groups in total. The number of carboxylic acid groups (broad SMARTS) is 1. The third-order valence-corrected chi connectivity index (χ3v) is 4.22. The van der Waals surface area contributed by atoms with Gasteiger partial charge in [0.25, 0.3) is 0 Å². The molecule has 3 aromatic carbocycles. The molecule has 0 aliphatic heterocycles. The molecule has 0 atom stereocenters. The summed E-state index contributed by atoms with van der Waals surface area (Å²) in [7, 11) is 0. The Morgan fingerprint density at radius 3 is 2.59 bits per heavy atom. The SMILES string of the molecule is O=C(O)c1ccc2c3c(ccc2c1)Cc1ccccc1C3=O. The minimum absolute atomic E-state index is 0.0190. The third-order valence-electron chi connectivity index (χ3n) is 4.22. The minimum atomic E-state index is -0.962. The lowest BCUT2D eigenvalue weighted by Gasteiger charge is -2.20. The molecular weight excluding hydrogens is 276 g/mol. The van der Waals surface area contributed by atoms with Gasteiger partial charge in [-0.25, -0.2) is 4.79 Å². The zero-order chi connectivity index (χ0) is 15.3. The summed E-state index contributed by atoms with van der Waals surface area (Å²) in [4.78, 5) is 23.9. The predicted molar refractivity (Wildman–Crippen MR) is 83.6 cm³/mol. The molecule has 0 unspecified atom stereocenters. The summed E-state index contributed by atoms with van der Waals surface area (Å²) >= 11 is 0. The van der Waals surface area contributed by atoms with Crippen LogP contribution in [0.2, 0.25) is 0 Å². The van der Waals surface area contributed by atoms with E-state index in [4.69, 9.17) is 5.11 Å². The molecule has 1 aliphatic carbocycles. The number of carbonyl (C=O) groups is 2. The van der Waals surface area contributed by atoms with Gasteiger partial charge in [0.05, 0.1) is 5.56 Å². The Morgan fingerprint density at radius 2 is 1.77 bits per heavy atom. The second-order valence-corrected chi connectivity index (χ2v) is 5.50. The Hall–Kier alpha value is -2.94. The van der Waals surface area contributed by atoms with E-state index in [9.17, 15) is 9.59 Å². The van der Waals surface area contributed by atoms with Crippen molar-refractivity contribution in [3.8, 4) is 0 Å². The van der Waals surface area contributed by atoms with Gasteiger partial charge in [0.2, 0.25) is 0 Å². The first kappa shape index (κ1) is 12.8. The topological polar surface area (TPSA) is 54.4 Å². The first-order chi connectivity index (χ1) is 10.6. The molecule has 0 heterocycles. The number of fused-ring (bicyclic) bond motifs is 4. The van der Waals surface area contributed by atoms with E-state index in [1.807, 2.05) is 36.4 Å². The van der Waals surface area contributed by atoms with Gasteiger partial charge in [-0.3, -0.25) is 4.79 Å². The Labute approximate surface area is 126 Å². The van der Waals surface area contributed by atoms with Gasteiger partial charge in [-0.05, 0) is 40.5 Å². The van der Waals surface area contributed by atoms with E-state index in [0.29, 0.717) is 5.56 Å². The van der Waals surface area contributed by atoms with Crippen molar-refractivity contribution >= 4 is 22.5 Å². The van der Waals surface area contributed by atoms with Crippen LogP contribution in [0.25, 0.3) is 10.8 Å². The zero-order valence-electron chi connectivity index (χ0n) is 11.7. The summed E-state index contributed by atoms with van der Waals surface area (Å²) in [5.74, 6) is -0.943. The van der Waals surface area contributed by atoms with E-state index in [2.05, 4.69) is 0 Å². The van der Waals surface area contributed by atoms with Crippen LogP contribution in [0.3, 0.4) is 0 Å². The molecule has 0 amide bonds. The smallest absolute Gasteiger partial charge is 0.335 e. The van der Waals surface area contributed by atoms with Crippen LogP contribution < -0.4 is 0 Å². The highest BCUT2D eigenvalue weighted by molar-refractivity contribution is 6.19. The lowest BCUT2D eigenvalue weighted by atomic mass is 9.82. The number of ketones is 1. The largest absolute Gasteiger partial charge is 0.478 e. The number of hydrogen-bond donors (Lipinski definition) is 1. The molecule has 0 spiro atoms. The average Bonchev–Trinajstić information content (AvgIpc) is 2.54. The maximum absolute atomic E-state index is 12.8. The molecule has 0 bridgehead atoms. The number of hydrogen-bond acceptors (Lipinski definition) is 2. The van der Waals surface area contributed by atoms with Crippen molar-refractivity contribution in [2.24, 2.45) is 0 Å². The molecule has 106 valence electrons. The van der Waals surface area contributed by atoms with Crippen LogP contribution >= 0.6 is 0 Å². The van der Waals surface area contributed by atoms with E-state index in [1.165, 1.54) is 0 Å². The van der Waals surface area contributed by atoms with Crippen LogP contribution in [-0.2, 0) is 6.42 Å². The monoisotopic (exact) mass is 288 g/mol. The van der Waals surface area contributed by atoms with E-state index in [-0.39, 0.29) is 11.3 Å². The Morgan fingerprint density at radius 1 is 0.955 bits per heavy atom. The normalized spacial score (nSPS) is 12.8. The Bertz CT molecular complexity index is 954. The van der Waals surface area contributed by atoms with Crippen molar-refractivity contribution in [3.63, 3.8) is 0 Å². The zero-order valence-corrected chi connectivity index (χ0v) is 11.7. The minimum Gasteiger partial charge on any atom is -0.478 e. The van der Waals surface area contributed by atoms with Gasteiger partial charge in [-0.2, -0.15) is 0 Å². The standard InChI is InChI=1S/C19H12O3/c20-18-16-4-2-1-3-11(16)9-13-6-5-12-10-14(19(21)22)7-8-15(12)17(13)18/h1-8,10H,9H2,(H,21,22). The van der Waals surface area contributed by atoms with E-state index < -0.39 is 5.97 Å². The quantitative estimate of drug-likeness (QED) is 0.581. The van der Waals surface area contributed by atoms with Crippen molar-refractivity contribution < 1.29 is 14.7 Å². The first-order valence-corrected chi connectivity index (χ1v) is 7.07. The second kappa shape index (κ2) is 4.53. The number of carbonyl (C=O) groups excluding carboxylic acids is 1. The summed E-state index contributed by atoms with van der Waals surface area (Å²) in [5.41, 5.74) is 3.72. The van der Waals surface area contributed by atoms with Gasteiger partial charge in [-0.15, -0.1) is 0 Å². The molecule has 22 heavy (non-hydrogen) atoms. The van der Waals surface area contributed by atoms with Gasteiger partial charge >= 0.3 is 5.97 Å². The molecule has 1 aliphatic rings. The Balaban J connectivity index is 1.98. The van der Waals surface area contributed by atoms with E-state index >= 15 is 0 Å². The summed E-state index contributed by atoms with van der Waals surface area (Å²) in [6, 6.07) is 16.4. The fourth-order valence-corrected chi connectivity index (χ4v) is 3.16. The number of carboxylic acids is 1. The van der Waals surface area contributed by atoms with Crippen molar-refractivity contribution in [2.75, 3.05) is 0 Å². The first-order valence-electron chi connectivity index (χ1n) is 7.07. The molecule has 0 aromatic heterocycles. The molecule has 0 radical (unpaired) electrons. The predicted octanol–water partition coefficient (Wildman–Crippen LogP) is 3.67. The van der Waals surface area contributed by atoms with E-state index in [1.54, 1.807) is 18.2 Å². The molecular formula is C19H12O3. The highest BCUT2D eigenvalue weighted by Gasteiger charge is 2.24. The maximum Gasteiger partial charge on any atom is 0.335 e. The fourth-order valence-electron chi connectivity index (χ4n) is 3.16. The summed E-state index contributed by atoms with van der Waals surface area (Å²) < 4.78 is 0. The fraction of sp³-hybridized carbons (Fsp3) is 0.0526. The molecule has 4 rings (SSSR count). The molecule has 0 fully saturated rings. The highest BCUT2D eigenvalue weighted by atomic mass is 16.4. The number of aromatic carboxylic acids is 1. The van der Waals surface area contributed by atoms with Crippen LogP contribution in [0.4, 0.5) is 0 Å². The van der Waals surface area contributed by atoms with Crippen LogP contribution in [0.5, 0.6) is 0 Å². The van der Waals surface area contributed by atoms with Crippen molar-refractivity contribution in [1.82, 2.24) is 0 Å². The van der Waals surface area contributed by atoms with Gasteiger partial charge in [0.15, 0.2) is 5.78 Å². The van der Waals surface area contributed by atoms with Crippen LogP contribution in [-0.4, -0.2) is 16.9 Å². The van der Waals surface area contributed by atoms with Crippen LogP contribution in [0.15, 0.2) is 54.6 Å². The van der Waals surface area contributed by atoms with Gasteiger partial charge in [-0.1, -0.05) is 42.5 Å². The maximum atomic E-state index is 12.8. The van der Waals surface area contributed by atoms with Gasteiger partial charge in [0, 0.05) is 11.1 Å². The molecule has 3 heteroatoms. The van der Waals surface area contributed by atoms with E-state index in [0.717, 1.165) is 33.9 Å². The highest BCUT2D eigenvalue weighted by Crippen LogP contribution is 2.32. The molecule has 3 aromatic rings. The lowest BCUT2D eigenvalue weighted by molar-refractivity contribution is 0.0697. The van der Waals surface area contributed by atoms with Gasteiger partial charge < -0.3 is 5.11 Å².